The van der Waals surface area contributed by atoms with Crippen molar-refractivity contribution in [1.82, 2.24) is 5.43 Å². The minimum Gasteiger partial charge on any atom is -0.490 e. The Bertz CT molecular complexity index is 400. The van der Waals surface area contributed by atoms with Crippen LogP contribution < -0.4 is 16.0 Å². The lowest BCUT2D eigenvalue weighted by molar-refractivity contribution is 0.0953. The molecule has 1 amide bonds. The first kappa shape index (κ1) is 12.3. The second-order valence-corrected chi connectivity index (χ2v) is 3.60. The van der Waals surface area contributed by atoms with Gasteiger partial charge in [-0.25, -0.2) is 5.84 Å². The van der Waals surface area contributed by atoms with Gasteiger partial charge in [-0.05, 0) is 32.0 Å². The standard InChI is InChI=1S/C12H16N2O2/c1-4-9-7-10(12(15)14-13)5-6-11(9)16-8(2)3/h4-8H,1,13H2,2-3H3,(H,14,15). The van der Waals surface area contributed by atoms with Crippen LogP contribution in [-0.2, 0) is 0 Å². The average molecular weight is 220 g/mol. The van der Waals surface area contributed by atoms with Crippen LogP contribution in [0.15, 0.2) is 24.8 Å². The zero-order valence-electron chi connectivity index (χ0n) is 9.49. The van der Waals surface area contributed by atoms with E-state index in [0.717, 1.165) is 5.56 Å². The maximum absolute atomic E-state index is 11.3. The maximum Gasteiger partial charge on any atom is 0.265 e. The van der Waals surface area contributed by atoms with E-state index < -0.39 is 0 Å². The van der Waals surface area contributed by atoms with Gasteiger partial charge in [-0.15, -0.1) is 0 Å². The first-order valence-corrected chi connectivity index (χ1v) is 5.02. The summed E-state index contributed by atoms with van der Waals surface area (Å²) in [5, 5.41) is 0. The molecule has 0 radical (unpaired) electrons. The van der Waals surface area contributed by atoms with Crippen LogP contribution in [0.1, 0.15) is 29.8 Å². The van der Waals surface area contributed by atoms with E-state index >= 15 is 0 Å². The fourth-order valence-corrected chi connectivity index (χ4v) is 1.29. The Morgan fingerprint density at radius 3 is 2.75 bits per heavy atom. The van der Waals surface area contributed by atoms with Crippen molar-refractivity contribution in [3.05, 3.63) is 35.9 Å². The number of nitrogen functional groups attached to an aromatic ring is 1. The van der Waals surface area contributed by atoms with Crippen molar-refractivity contribution < 1.29 is 9.53 Å². The predicted molar refractivity (Wildman–Crippen MR) is 64.0 cm³/mol. The zero-order chi connectivity index (χ0) is 12.1. The Hall–Kier alpha value is -1.81. The summed E-state index contributed by atoms with van der Waals surface area (Å²) in [6.45, 7) is 7.56. The Kier molecular flexibility index (Phi) is 4.08. The van der Waals surface area contributed by atoms with Crippen molar-refractivity contribution in [2.75, 3.05) is 0 Å². The van der Waals surface area contributed by atoms with Gasteiger partial charge in [-0.2, -0.15) is 0 Å². The molecule has 0 spiro atoms. The molecule has 4 nitrogen and oxygen atoms in total. The molecule has 1 rings (SSSR count). The topological polar surface area (TPSA) is 64.4 Å². The Morgan fingerprint density at radius 2 is 2.25 bits per heavy atom. The molecule has 0 aliphatic carbocycles. The van der Waals surface area contributed by atoms with Gasteiger partial charge in [-0.3, -0.25) is 10.2 Å². The first-order valence-electron chi connectivity index (χ1n) is 5.02. The zero-order valence-corrected chi connectivity index (χ0v) is 9.49. The highest BCUT2D eigenvalue weighted by Gasteiger charge is 2.08. The summed E-state index contributed by atoms with van der Waals surface area (Å²) in [7, 11) is 0. The Labute approximate surface area is 95.1 Å². The van der Waals surface area contributed by atoms with E-state index in [1.807, 2.05) is 13.8 Å². The largest absolute Gasteiger partial charge is 0.490 e. The molecule has 0 fully saturated rings. The van der Waals surface area contributed by atoms with E-state index in [-0.39, 0.29) is 12.0 Å². The second kappa shape index (κ2) is 5.32. The van der Waals surface area contributed by atoms with E-state index in [2.05, 4.69) is 12.0 Å². The van der Waals surface area contributed by atoms with Crippen LogP contribution in [0.5, 0.6) is 5.75 Å². The van der Waals surface area contributed by atoms with Gasteiger partial charge in [0.05, 0.1) is 6.10 Å². The number of amides is 1. The lowest BCUT2D eigenvalue weighted by atomic mass is 10.1. The summed E-state index contributed by atoms with van der Waals surface area (Å²) < 4.78 is 5.57. The van der Waals surface area contributed by atoms with Gasteiger partial charge in [0.2, 0.25) is 0 Å². The number of hydrogen-bond acceptors (Lipinski definition) is 3. The van der Waals surface area contributed by atoms with Gasteiger partial charge in [0.15, 0.2) is 0 Å². The highest BCUT2D eigenvalue weighted by atomic mass is 16.5. The van der Waals surface area contributed by atoms with Gasteiger partial charge < -0.3 is 4.74 Å². The van der Waals surface area contributed by atoms with Crippen LogP contribution in [-0.4, -0.2) is 12.0 Å². The Balaban J connectivity index is 3.06. The van der Waals surface area contributed by atoms with Crippen LogP contribution in [0, 0.1) is 0 Å². The molecule has 1 aromatic carbocycles. The van der Waals surface area contributed by atoms with E-state index in [9.17, 15) is 4.79 Å². The van der Waals surface area contributed by atoms with Crippen LogP contribution in [0.4, 0.5) is 0 Å². The first-order chi connectivity index (χ1) is 7.58. The van der Waals surface area contributed by atoms with Crippen molar-refractivity contribution in [2.24, 2.45) is 5.84 Å². The fourth-order valence-electron chi connectivity index (χ4n) is 1.29. The number of benzene rings is 1. The van der Waals surface area contributed by atoms with Crippen LogP contribution in [0.3, 0.4) is 0 Å². The molecule has 0 aromatic heterocycles. The van der Waals surface area contributed by atoms with Gasteiger partial charge in [0.25, 0.3) is 5.91 Å². The molecular formula is C12H16N2O2. The van der Waals surface area contributed by atoms with Crippen molar-refractivity contribution in [1.29, 1.82) is 0 Å². The summed E-state index contributed by atoms with van der Waals surface area (Å²) in [4.78, 5) is 11.3. The average Bonchev–Trinajstić information content (AvgIpc) is 2.27. The molecule has 3 N–H and O–H groups in total. The van der Waals surface area contributed by atoms with Crippen LogP contribution in [0.25, 0.3) is 6.08 Å². The molecular weight excluding hydrogens is 204 g/mol. The number of carbonyl (C=O) groups is 1. The van der Waals surface area contributed by atoms with Crippen molar-refractivity contribution in [3.8, 4) is 5.75 Å². The summed E-state index contributed by atoms with van der Waals surface area (Å²) in [6.07, 6.45) is 1.72. The monoisotopic (exact) mass is 220 g/mol. The highest BCUT2D eigenvalue weighted by molar-refractivity contribution is 5.94. The maximum atomic E-state index is 11.3. The van der Waals surface area contributed by atoms with E-state index in [1.54, 1.807) is 24.3 Å². The van der Waals surface area contributed by atoms with E-state index in [1.165, 1.54) is 0 Å². The number of carbonyl (C=O) groups excluding carboxylic acids is 1. The van der Waals surface area contributed by atoms with Crippen molar-refractivity contribution in [2.45, 2.75) is 20.0 Å². The molecule has 4 heteroatoms. The molecule has 0 atom stereocenters. The molecule has 86 valence electrons. The van der Waals surface area contributed by atoms with Crippen molar-refractivity contribution >= 4 is 12.0 Å². The number of hydrogen-bond donors (Lipinski definition) is 2. The molecule has 0 aliphatic heterocycles. The van der Waals surface area contributed by atoms with Gasteiger partial charge >= 0.3 is 0 Å². The van der Waals surface area contributed by atoms with Gasteiger partial charge in [0.1, 0.15) is 5.75 Å². The molecule has 1 aromatic rings. The third-order valence-corrected chi connectivity index (χ3v) is 1.99. The SMILES string of the molecule is C=Cc1cc(C(=O)NN)ccc1OC(C)C. The molecule has 0 saturated heterocycles. The summed E-state index contributed by atoms with van der Waals surface area (Å²) in [6, 6.07) is 5.08. The predicted octanol–water partition coefficient (Wildman–Crippen LogP) is 1.72. The third kappa shape index (κ3) is 2.84. The molecule has 0 bridgehead atoms. The number of hydrazine groups is 1. The number of nitrogens with two attached hydrogens (primary N) is 1. The molecule has 0 heterocycles. The van der Waals surface area contributed by atoms with E-state index in [4.69, 9.17) is 10.6 Å². The quantitative estimate of drug-likeness (QED) is 0.461. The van der Waals surface area contributed by atoms with Crippen LogP contribution >= 0.6 is 0 Å². The molecule has 0 unspecified atom stereocenters. The Morgan fingerprint density at radius 1 is 1.56 bits per heavy atom. The minimum atomic E-state index is -0.334. The molecule has 16 heavy (non-hydrogen) atoms. The molecule has 0 aliphatic rings. The second-order valence-electron chi connectivity index (χ2n) is 3.60. The summed E-state index contributed by atoms with van der Waals surface area (Å²) in [5.74, 6) is 5.43. The highest BCUT2D eigenvalue weighted by Crippen LogP contribution is 2.22. The van der Waals surface area contributed by atoms with Crippen LogP contribution in [0.2, 0.25) is 0 Å². The summed E-state index contributed by atoms with van der Waals surface area (Å²) in [5.41, 5.74) is 3.33. The van der Waals surface area contributed by atoms with E-state index in [0.29, 0.717) is 11.3 Å². The summed E-state index contributed by atoms with van der Waals surface area (Å²) >= 11 is 0. The van der Waals surface area contributed by atoms with Gasteiger partial charge in [0, 0.05) is 11.1 Å². The minimum absolute atomic E-state index is 0.0767. The van der Waals surface area contributed by atoms with Gasteiger partial charge in [-0.1, -0.05) is 12.7 Å². The number of ether oxygens (including phenoxy) is 1. The third-order valence-electron chi connectivity index (χ3n) is 1.99. The number of rotatable bonds is 4. The number of nitrogens with one attached hydrogen (secondary N) is 1. The lowest BCUT2D eigenvalue weighted by Crippen LogP contribution is -2.30. The smallest absolute Gasteiger partial charge is 0.265 e. The molecule has 0 saturated carbocycles. The normalized spacial score (nSPS) is 10.0. The van der Waals surface area contributed by atoms with Crippen molar-refractivity contribution in [3.63, 3.8) is 0 Å². The lowest BCUT2D eigenvalue weighted by Gasteiger charge is -2.13. The fraction of sp³-hybridized carbons (Fsp3) is 0.250.